The second-order valence-corrected chi connectivity index (χ2v) is 7.68. The molecule has 1 aromatic heterocycles. The number of hydrogen-bond acceptors (Lipinski definition) is 4. The topological polar surface area (TPSA) is 93.1 Å². The summed E-state index contributed by atoms with van der Waals surface area (Å²) in [6, 6.07) is 11.3. The molecule has 0 bridgehead atoms. The third-order valence-corrected chi connectivity index (χ3v) is 5.57. The molecule has 0 saturated carbocycles. The summed E-state index contributed by atoms with van der Waals surface area (Å²) < 4.78 is 1.76. The van der Waals surface area contributed by atoms with Crippen LogP contribution in [0.3, 0.4) is 0 Å². The number of benzene rings is 2. The fourth-order valence-electron chi connectivity index (χ4n) is 3.63. The van der Waals surface area contributed by atoms with E-state index in [1.54, 1.807) is 47.0 Å². The monoisotopic (exact) mass is 424 g/mol. The van der Waals surface area contributed by atoms with Crippen LogP contribution in [-0.2, 0) is 13.0 Å². The van der Waals surface area contributed by atoms with Crippen LogP contribution in [0.25, 0.3) is 10.9 Å². The number of carbonyl (C=O) groups is 2. The standard InChI is InChI=1S/C22H21ClN4O3/c23-17-8-5-4-7-15(17)21(29)26-25-20(28)14-10-11-16-18(13-14)24-19-9-3-1-2-6-12-27(19)22(16)30/h4-5,7-8,10-11,13H,1-3,6,9,12H2,(H,25,28)(H,26,29). The molecule has 2 N–H and O–H groups in total. The number of nitrogens with one attached hydrogen (secondary N) is 2. The van der Waals surface area contributed by atoms with Crippen molar-refractivity contribution in [3.05, 3.63) is 74.8 Å². The van der Waals surface area contributed by atoms with Crippen LogP contribution < -0.4 is 16.4 Å². The summed E-state index contributed by atoms with van der Waals surface area (Å²) in [5.74, 6) is -0.268. The van der Waals surface area contributed by atoms with Gasteiger partial charge in [-0.05, 0) is 43.2 Å². The van der Waals surface area contributed by atoms with Gasteiger partial charge in [0.15, 0.2) is 0 Å². The lowest BCUT2D eigenvalue weighted by molar-refractivity contribution is 0.0847. The number of aromatic nitrogens is 2. The van der Waals surface area contributed by atoms with E-state index < -0.39 is 11.8 Å². The predicted octanol–water partition coefficient (Wildman–Crippen LogP) is 3.24. The Morgan fingerprint density at radius 2 is 1.73 bits per heavy atom. The van der Waals surface area contributed by atoms with Gasteiger partial charge in [0.1, 0.15) is 5.82 Å². The Labute approximate surface area is 178 Å². The van der Waals surface area contributed by atoms with Crippen molar-refractivity contribution in [1.29, 1.82) is 0 Å². The second kappa shape index (κ2) is 8.67. The zero-order chi connectivity index (χ0) is 21.1. The average Bonchev–Trinajstić information content (AvgIpc) is 2.73. The summed E-state index contributed by atoms with van der Waals surface area (Å²) in [6.45, 7) is 0.674. The summed E-state index contributed by atoms with van der Waals surface area (Å²) in [6.07, 6.45) is 4.94. The van der Waals surface area contributed by atoms with Gasteiger partial charge in [0.25, 0.3) is 17.4 Å². The molecule has 0 fully saturated rings. The van der Waals surface area contributed by atoms with Gasteiger partial charge >= 0.3 is 0 Å². The minimum atomic E-state index is -0.521. The van der Waals surface area contributed by atoms with E-state index in [0.717, 1.165) is 37.9 Å². The van der Waals surface area contributed by atoms with Crippen LogP contribution >= 0.6 is 11.6 Å². The van der Waals surface area contributed by atoms with Crippen molar-refractivity contribution in [2.45, 2.75) is 38.6 Å². The molecule has 2 heterocycles. The maximum atomic E-state index is 12.9. The Balaban J connectivity index is 1.56. The normalized spacial score (nSPS) is 13.8. The first-order valence-corrected chi connectivity index (χ1v) is 10.3. The van der Waals surface area contributed by atoms with Gasteiger partial charge in [-0.2, -0.15) is 0 Å². The number of fused-ring (bicyclic) bond motifs is 2. The Hall–Kier alpha value is -3.19. The van der Waals surface area contributed by atoms with E-state index in [2.05, 4.69) is 15.8 Å². The van der Waals surface area contributed by atoms with Gasteiger partial charge in [-0.3, -0.25) is 29.8 Å². The highest BCUT2D eigenvalue weighted by atomic mass is 35.5. The van der Waals surface area contributed by atoms with Crippen molar-refractivity contribution in [1.82, 2.24) is 20.4 Å². The Kier molecular flexibility index (Phi) is 5.81. The average molecular weight is 425 g/mol. The molecule has 8 heteroatoms. The van der Waals surface area contributed by atoms with Crippen molar-refractivity contribution < 1.29 is 9.59 Å². The summed E-state index contributed by atoms with van der Waals surface area (Å²) in [7, 11) is 0. The third-order valence-electron chi connectivity index (χ3n) is 5.24. The highest BCUT2D eigenvalue weighted by molar-refractivity contribution is 6.33. The second-order valence-electron chi connectivity index (χ2n) is 7.27. The molecule has 4 rings (SSSR count). The lowest BCUT2D eigenvalue weighted by Crippen LogP contribution is -2.41. The largest absolute Gasteiger partial charge is 0.296 e. The van der Waals surface area contributed by atoms with E-state index in [-0.39, 0.29) is 16.1 Å². The Morgan fingerprint density at radius 3 is 2.57 bits per heavy atom. The van der Waals surface area contributed by atoms with E-state index in [1.807, 2.05) is 0 Å². The molecule has 1 aliphatic heterocycles. The first kappa shape index (κ1) is 20.1. The molecule has 0 spiro atoms. The molecule has 2 amide bonds. The lowest BCUT2D eigenvalue weighted by atomic mass is 10.1. The Morgan fingerprint density at radius 1 is 0.967 bits per heavy atom. The van der Waals surface area contributed by atoms with Crippen LogP contribution in [0.1, 0.15) is 52.2 Å². The van der Waals surface area contributed by atoms with Gasteiger partial charge in [0.05, 0.1) is 21.5 Å². The van der Waals surface area contributed by atoms with Crippen molar-refractivity contribution >= 4 is 34.3 Å². The predicted molar refractivity (Wildman–Crippen MR) is 115 cm³/mol. The van der Waals surface area contributed by atoms with Crippen LogP contribution in [0.2, 0.25) is 5.02 Å². The molecule has 0 radical (unpaired) electrons. The summed E-state index contributed by atoms with van der Waals surface area (Å²) in [5.41, 5.74) is 5.69. The molecule has 7 nitrogen and oxygen atoms in total. The molecule has 0 unspecified atom stereocenters. The van der Waals surface area contributed by atoms with E-state index >= 15 is 0 Å². The van der Waals surface area contributed by atoms with Crippen LogP contribution in [0.4, 0.5) is 0 Å². The fraction of sp³-hybridized carbons (Fsp3) is 0.273. The lowest BCUT2D eigenvalue weighted by Gasteiger charge is -2.16. The molecular weight excluding hydrogens is 404 g/mol. The first-order valence-electron chi connectivity index (χ1n) is 9.93. The van der Waals surface area contributed by atoms with Crippen molar-refractivity contribution in [2.75, 3.05) is 0 Å². The number of amides is 2. The van der Waals surface area contributed by atoms with E-state index in [4.69, 9.17) is 11.6 Å². The maximum absolute atomic E-state index is 12.9. The molecule has 154 valence electrons. The van der Waals surface area contributed by atoms with Crippen molar-refractivity contribution in [3.8, 4) is 0 Å². The van der Waals surface area contributed by atoms with Gasteiger partial charge in [-0.15, -0.1) is 0 Å². The van der Waals surface area contributed by atoms with Crippen molar-refractivity contribution in [2.24, 2.45) is 0 Å². The van der Waals surface area contributed by atoms with E-state index in [9.17, 15) is 14.4 Å². The van der Waals surface area contributed by atoms with Gasteiger partial charge in [-0.25, -0.2) is 4.98 Å². The number of carbonyl (C=O) groups excluding carboxylic acids is 2. The number of nitrogens with zero attached hydrogens (tertiary/aromatic N) is 2. The smallest absolute Gasteiger partial charge is 0.271 e. The van der Waals surface area contributed by atoms with Gasteiger partial charge < -0.3 is 0 Å². The first-order chi connectivity index (χ1) is 14.5. The number of hydrazine groups is 1. The molecule has 30 heavy (non-hydrogen) atoms. The molecule has 1 aliphatic rings. The van der Waals surface area contributed by atoms with Crippen LogP contribution in [-0.4, -0.2) is 21.4 Å². The summed E-state index contributed by atoms with van der Waals surface area (Å²) in [5, 5.41) is 0.770. The van der Waals surface area contributed by atoms with E-state index in [0.29, 0.717) is 23.0 Å². The SMILES string of the molecule is O=C(NNC(=O)c1ccccc1Cl)c1ccc2c(=O)n3c(nc2c1)CCCCCC3. The van der Waals surface area contributed by atoms with Crippen molar-refractivity contribution in [3.63, 3.8) is 0 Å². The van der Waals surface area contributed by atoms with Gasteiger partial charge in [0, 0.05) is 18.5 Å². The molecule has 0 aliphatic carbocycles. The zero-order valence-corrected chi connectivity index (χ0v) is 17.0. The zero-order valence-electron chi connectivity index (χ0n) is 16.3. The molecule has 3 aromatic rings. The minimum Gasteiger partial charge on any atom is -0.296 e. The molecular formula is C22H21ClN4O3. The number of rotatable bonds is 2. The minimum absolute atomic E-state index is 0.0733. The van der Waals surface area contributed by atoms with E-state index in [1.165, 1.54) is 0 Å². The number of halogens is 1. The Bertz CT molecular complexity index is 1190. The van der Waals surface area contributed by atoms with Gasteiger partial charge in [0.2, 0.25) is 0 Å². The molecule has 2 aromatic carbocycles. The maximum Gasteiger partial charge on any atom is 0.271 e. The van der Waals surface area contributed by atoms with Crippen LogP contribution in [0.15, 0.2) is 47.3 Å². The number of aryl methyl sites for hydroxylation is 1. The summed E-state index contributed by atoms with van der Waals surface area (Å²) >= 11 is 6.00. The third kappa shape index (κ3) is 4.07. The molecule has 0 saturated heterocycles. The van der Waals surface area contributed by atoms with Crippen LogP contribution in [0, 0.1) is 0 Å². The fourth-order valence-corrected chi connectivity index (χ4v) is 3.86. The highest BCUT2D eigenvalue weighted by Crippen LogP contribution is 2.17. The highest BCUT2D eigenvalue weighted by Gasteiger charge is 2.16. The summed E-state index contributed by atoms with van der Waals surface area (Å²) in [4.78, 5) is 42.3. The van der Waals surface area contributed by atoms with Gasteiger partial charge in [-0.1, -0.05) is 36.6 Å². The van der Waals surface area contributed by atoms with Crippen LogP contribution in [0.5, 0.6) is 0 Å². The number of hydrogen-bond donors (Lipinski definition) is 2. The quantitative estimate of drug-likeness (QED) is 0.617. The molecule has 0 atom stereocenters.